The molecule has 0 aromatic carbocycles. The van der Waals surface area contributed by atoms with Crippen LogP contribution in [0.5, 0.6) is 11.9 Å². The number of carboxylic acids is 1. The van der Waals surface area contributed by atoms with Gasteiger partial charge in [-0.2, -0.15) is 9.97 Å². The number of fused-ring (bicyclic) bond motifs is 1. The Morgan fingerprint density at radius 3 is 2.70 bits per heavy atom. The standard InChI is InChI=1S/C21H26N4O5/c22-18-17-19(24-21(29)23-18)30-10-9-25(20(17)28)15-7-5-14(6-8-15)13-3-1-12(2-4-13)11-16(26)27/h5,7-8,12-14H,1-4,6,9-11H2,(H,26,27)(H3,22,23,24,29)/t12-,13-,14?. The predicted molar refractivity (Wildman–Crippen MR) is 108 cm³/mol. The van der Waals surface area contributed by atoms with Crippen molar-refractivity contribution in [2.45, 2.75) is 38.5 Å². The van der Waals surface area contributed by atoms with Gasteiger partial charge in [0.15, 0.2) is 0 Å². The maximum Gasteiger partial charge on any atom is 0.319 e. The lowest BCUT2D eigenvalue weighted by molar-refractivity contribution is -0.138. The highest BCUT2D eigenvalue weighted by atomic mass is 16.5. The summed E-state index contributed by atoms with van der Waals surface area (Å²) >= 11 is 0. The number of aromatic nitrogens is 2. The van der Waals surface area contributed by atoms with Gasteiger partial charge >= 0.3 is 12.0 Å². The van der Waals surface area contributed by atoms with E-state index in [2.05, 4.69) is 22.1 Å². The van der Waals surface area contributed by atoms with Gasteiger partial charge in [0.05, 0.1) is 6.54 Å². The molecular weight excluding hydrogens is 388 g/mol. The second-order valence-electron chi connectivity index (χ2n) is 8.16. The zero-order valence-electron chi connectivity index (χ0n) is 16.7. The number of allylic oxidation sites excluding steroid dienone is 3. The quantitative estimate of drug-likeness (QED) is 0.682. The molecule has 4 N–H and O–H groups in total. The van der Waals surface area contributed by atoms with Gasteiger partial charge in [-0.25, -0.2) is 0 Å². The minimum absolute atomic E-state index is 0.00360. The van der Waals surface area contributed by atoms with Crippen LogP contribution in [0.15, 0.2) is 23.9 Å². The average molecular weight is 414 g/mol. The summed E-state index contributed by atoms with van der Waals surface area (Å²) in [6.07, 6.45) is 11.3. The molecule has 0 radical (unpaired) electrons. The van der Waals surface area contributed by atoms with E-state index in [0.29, 0.717) is 24.3 Å². The number of nitrogens with two attached hydrogens (primary N) is 1. The van der Waals surface area contributed by atoms with Crippen molar-refractivity contribution in [3.63, 3.8) is 0 Å². The van der Waals surface area contributed by atoms with E-state index in [9.17, 15) is 14.7 Å². The summed E-state index contributed by atoms with van der Waals surface area (Å²) in [4.78, 5) is 33.0. The third kappa shape index (κ3) is 4.10. The molecule has 9 heteroatoms. The van der Waals surface area contributed by atoms with Crippen LogP contribution in [-0.2, 0) is 4.79 Å². The van der Waals surface area contributed by atoms with Crippen molar-refractivity contribution >= 4 is 17.7 Å². The largest absolute Gasteiger partial charge is 0.481 e. The van der Waals surface area contributed by atoms with Crippen LogP contribution in [0.2, 0.25) is 0 Å². The molecule has 160 valence electrons. The number of ether oxygens (including phenoxy) is 1. The highest BCUT2D eigenvalue weighted by Gasteiger charge is 2.32. The fourth-order valence-electron chi connectivity index (χ4n) is 4.71. The zero-order chi connectivity index (χ0) is 21.3. The number of nitrogens with zero attached hydrogens (tertiary/aromatic N) is 3. The fraction of sp³-hybridized carbons (Fsp3) is 0.524. The maximum absolute atomic E-state index is 13.1. The average Bonchev–Trinajstić information content (AvgIpc) is 2.87. The van der Waals surface area contributed by atoms with Crippen LogP contribution in [0.3, 0.4) is 0 Å². The van der Waals surface area contributed by atoms with E-state index < -0.39 is 12.0 Å². The Bertz CT molecular complexity index is 905. The number of nitrogen functional groups attached to an aromatic ring is 1. The minimum Gasteiger partial charge on any atom is -0.481 e. The summed E-state index contributed by atoms with van der Waals surface area (Å²) in [5.74, 6) is 0.0746. The number of rotatable bonds is 4. The fourth-order valence-corrected chi connectivity index (χ4v) is 4.71. The van der Waals surface area contributed by atoms with E-state index >= 15 is 0 Å². The van der Waals surface area contributed by atoms with Gasteiger partial charge in [-0.1, -0.05) is 12.2 Å². The topological polar surface area (TPSA) is 139 Å². The maximum atomic E-state index is 13.1. The van der Waals surface area contributed by atoms with E-state index in [0.717, 1.165) is 37.8 Å². The summed E-state index contributed by atoms with van der Waals surface area (Å²) in [5.41, 5.74) is 6.70. The first-order valence-electron chi connectivity index (χ1n) is 10.3. The van der Waals surface area contributed by atoms with Gasteiger partial charge in [-0.3, -0.25) is 9.59 Å². The first-order chi connectivity index (χ1) is 14.4. The lowest BCUT2D eigenvalue weighted by Gasteiger charge is -2.33. The van der Waals surface area contributed by atoms with Crippen molar-refractivity contribution in [1.29, 1.82) is 0 Å². The molecule has 0 bridgehead atoms. The highest BCUT2D eigenvalue weighted by molar-refractivity contribution is 6.02. The summed E-state index contributed by atoms with van der Waals surface area (Å²) < 4.78 is 5.51. The smallest absolute Gasteiger partial charge is 0.319 e. The Labute approximate surface area is 174 Å². The Hall–Kier alpha value is -3.10. The molecule has 30 heavy (non-hydrogen) atoms. The number of hydrogen-bond donors (Lipinski definition) is 3. The van der Waals surface area contributed by atoms with Gasteiger partial charge < -0.3 is 25.6 Å². The van der Waals surface area contributed by atoms with Crippen molar-refractivity contribution in [2.24, 2.45) is 17.8 Å². The van der Waals surface area contributed by atoms with Crippen LogP contribution < -0.4 is 10.5 Å². The van der Waals surface area contributed by atoms with E-state index in [1.54, 1.807) is 4.90 Å². The molecule has 3 aliphatic rings. The molecule has 1 aliphatic heterocycles. The highest BCUT2D eigenvalue weighted by Crippen LogP contribution is 2.39. The SMILES string of the molecule is Nc1nc(O)nc2c1C(=O)N(C1=CCC([C@H]3CC[C@H](CC(=O)O)CC3)C=C1)CCO2. The van der Waals surface area contributed by atoms with Crippen LogP contribution in [0.4, 0.5) is 5.82 Å². The van der Waals surface area contributed by atoms with Gasteiger partial charge in [-0.15, -0.1) is 0 Å². The molecule has 1 unspecified atom stereocenters. The number of aromatic hydroxyl groups is 1. The molecule has 4 rings (SSSR count). The molecule has 0 saturated heterocycles. The summed E-state index contributed by atoms with van der Waals surface area (Å²) in [5, 5.41) is 18.5. The molecule has 0 spiro atoms. The predicted octanol–water partition coefficient (Wildman–Crippen LogP) is 2.34. The normalized spacial score (nSPS) is 26.4. The van der Waals surface area contributed by atoms with E-state index in [-0.39, 0.29) is 36.2 Å². The second kappa shape index (κ2) is 8.33. The monoisotopic (exact) mass is 414 g/mol. The molecule has 9 nitrogen and oxygen atoms in total. The van der Waals surface area contributed by atoms with E-state index in [1.165, 1.54) is 0 Å². The third-order valence-corrected chi connectivity index (χ3v) is 6.29. The zero-order valence-corrected chi connectivity index (χ0v) is 16.7. The number of carboxylic acid groups (broad SMARTS) is 1. The summed E-state index contributed by atoms with van der Waals surface area (Å²) in [7, 11) is 0. The first-order valence-corrected chi connectivity index (χ1v) is 10.3. The number of carbonyl (C=O) groups excluding carboxylic acids is 1. The number of aliphatic carboxylic acids is 1. The van der Waals surface area contributed by atoms with Crippen LogP contribution in [0, 0.1) is 17.8 Å². The Kier molecular flexibility index (Phi) is 5.61. The van der Waals surface area contributed by atoms with Crippen molar-refractivity contribution in [3.8, 4) is 11.9 Å². The van der Waals surface area contributed by atoms with E-state index in [1.807, 2.05) is 6.08 Å². The lowest BCUT2D eigenvalue weighted by Crippen LogP contribution is -2.33. The van der Waals surface area contributed by atoms with Crippen LogP contribution in [0.25, 0.3) is 0 Å². The number of anilines is 1. The lowest BCUT2D eigenvalue weighted by atomic mass is 9.73. The molecule has 2 aliphatic carbocycles. The molecule has 1 saturated carbocycles. The van der Waals surface area contributed by atoms with Gasteiger partial charge in [-0.05, 0) is 55.9 Å². The van der Waals surface area contributed by atoms with Gasteiger partial charge in [0.25, 0.3) is 5.91 Å². The van der Waals surface area contributed by atoms with Crippen molar-refractivity contribution < 1.29 is 24.5 Å². The number of hydrogen-bond acceptors (Lipinski definition) is 7. The van der Waals surface area contributed by atoms with Gasteiger partial charge in [0, 0.05) is 12.1 Å². The van der Waals surface area contributed by atoms with Crippen LogP contribution in [-0.4, -0.2) is 50.1 Å². The molecule has 2 heterocycles. The van der Waals surface area contributed by atoms with Crippen LogP contribution in [0.1, 0.15) is 48.9 Å². The van der Waals surface area contributed by atoms with Gasteiger partial charge in [0.1, 0.15) is 18.0 Å². The van der Waals surface area contributed by atoms with Crippen molar-refractivity contribution in [3.05, 3.63) is 29.5 Å². The Morgan fingerprint density at radius 1 is 1.27 bits per heavy atom. The molecule has 1 atom stereocenters. The summed E-state index contributed by atoms with van der Waals surface area (Å²) in [6, 6.07) is -0.523. The molecule has 1 amide bonds. The summed E-state index contributed by atoms with van der Waals surface area (Å²) in [6.45, 7) is 0.577. The van der Waals surface area contributed by atoms with Crippen LogP contribution >= 0.6 is 0 Å². The Balaban J connectivity index is 1.42. The van der Waals surface area contributed by atoms with Crippen molar-refractivity contribution in [1.82, 2.24) is 14.9 Å². The third-order valence-electron chi connectivity index (χ3n) is 6.29. The second-order valence-corrected chi connectivity index (χ2v) is 8.16. The molecule has 1 aromatic rings. The van der Waals surface area contributed by atoms with E-state index in [4.69, 9.17) is 15.6 Å². The number of carbonyl (C=O) groups is 2. The molecule has 1 aromatic heterocycles. The number of amides is 1. The Morgan fingerprint density at radius 2 is 2.03 bits per heavy atom. The first kappa shape index (κ1) is 20.2. The van der Waals surface area contributed by atoms with Crippen molar-refractivity contribution in [2.75, 3.05) is 18.9 Å². The van der Waals surface area contributed by atoms with Gasteiger partial charge in [0.2, 0.25) is 5.88 Å². The minimum atomic E-state index is -0.711. The molecular formula is C21H26N4O5. The molecule has 1 fully saturated rings.